The van der Waals surface area contributed by atoms with Gasteiger partial charge in [0.1, 0.15) is 11.6 Å². The van der Waals surface area contributed by atoms with E-state index >= 15 is 0 Å². The van der Waals surface area contributed by atoms with E-state index < -0.39 is 0 Å². The fraction of sp³-hybridized carbons (Fsp3) is 0.0556. The van der Waals surface area contributed by atoms with Crippen molar-refractivity contribution in [3.8, 4) is 28.1 Å². The SMILES string of the molecule is COc1ccc(-c2ccccc2-c2ccc(F)cn2)cc1. The minimum Gasteiger partial charge on any atom is -0.497 e. The first-order valence-corrected chi connectivity index (χ1v) is 6.63. The molecule has 0 amide bonds. The van der Waals surface area contributed by atoms with E-state index in [4.69, 9.17) is 4.74 Å². The third-order valence-electron chi connectivity index (χ3n) is 3.33. The molecule has 2 nitrogen and oxygen atoms in total. The second-order valence-electron chi connectivity index (χ2n) is 4.64. The number of aromatic nitrogens is 1. The van der Waals surface area contributed by atoms with Crippen molar-refractivity contribution in [2.45, 2.75) is 0 Å². The normalized spacial score (nSPS) is 10.4. The standard InChI is InChI=1S/C18H14FNO/c1-21-15-9-6-13(7-10-15)16-4-2-3-5-17(16)18-11-8-14(19)12-20-18/h2-12H,1H3. The van der Waals surface area contributed by atoms with Crippen LogP contribution in [0.1, 0.15) is 0 Å². The molecule has 21 heavy (non-hydrogen) atoms. The van der Waals surface area contributed by atoms with Crippen molar-refractivity contribution in [1.82, 2.24) is 4.98 Å². The number of methoxy groups -OCH3 is 1. The molecule has 0 unspecified atom stereocenters. The molecule has 3 rings (SSSR count). The van der Waals surface area contributed by atoms with E-state index in [9.17, 15) is 4.39 Å². The van der Waals surface area contributed by atoms with Crippen LogP contribution in [0.2, 0.25) is 0 Å². The summed E-state index contributed by atoms with van der Waals surface area (Å²) in [5, 5.41) is 0. The van der Waals surface area contributed by atoms with Gasteiger partial charge in [-0.25, -0.2) is 4.39 Å². The Bertz CT molecular complexity index is 736. The van der Waals surface area contributed by atoms with Gasteiger partial charge in [0.25, 0.3) is 0 Å². The molecule has 0 N–H and O–H groups in total. The maximum atomic E-state index is 13.0. The van der Waals surface area contributed by atoms with Crippen LogP contribution in [0.5, 0.6) is 5.75 Å². The van der Waals surface area contributed by atoms with E-state index in [1.807, 2.05) is 48.5 Å². The van der Waals surface area contributed by atoms with Crippen LogP contribution in [0.25, 0.3) is 22.4 Å². The van der Waals surface area contributed by atoms with Crippen molar-refractivity contribution in [2.75, 3.05) is 7.11 Å². The fourth-order valence-electron chi connectivity index (χ4n) is 2.26. The summed E-state index contributed by atoms with van der Waals surface area (Å²) in [6.07, 6.45) is 1.24. The predicted octanol–water partition coefficient (Wildman–Crippen LogP) is 4.56. The van der Waals surface area contributed by atoms with Crippen LogP contribution < -0.4 is 4.74 Å². The molecular formula is C18H14FNO. The molecular weight excluding hydrogens is 265 g/mol. The van der Waals surface area contributed by atoms with E-state index in [-0.39, 0.29) is 5.82 Å². The molecule has 2 aromatic carbocycles. The number of pyridine rings is 1. The zero-order valence-corrected chi connectivity index (χ0v) is 11.6. The van der Waals surface area contributed by atoms with Crippen molar-refractivity contribution >= 4 is 0 Å². The average Bonchev–Trinajstić information content (AvgIpc) is 2.56. The van der Waals surface area contributed by atoms with Crippen LogP contribution >= 0.6 is 0 Å². The van der Waals surface area contributed by atoms with Gasteiger partial charge in [0, 0.05) is 5.56 Å². The third-order valence-corrected chi connectivity index (χ3v) is 3.33. The Hall–Kier alpha value is -2.68. The van der Waals surface area contributed by atoms with Gasteiger partial charge >= 0.3 is 0 Å². The topological polar surface area (TPSA) is 22.1 Å². The molecule has 0 radical (unpaired) electrons. The quantitative estimate of drug-likeness (QED) is 0.701. The Morgan fingerprint density at radius 2 is 1.57 bits per heavy atom. The highest BCUT2D eigenvalue weighted by molar-refractivity contribution is 5.81. The van der Waals surface area contributed by atoms with Crippen LogP contribution in [0.15, 0.2) is 66.9 Å². The Morgan fingerprint density at radius 1 is 0.857 bits per heavy atom. The number of hydrogen-bond donors (Lipinski definition) is 0. The number of ether oxygens (including phenoxy) is 1. The van der Waals surface area contributed by atoms with Gasteiger partial charge in [-0.1, -0.05) is 36.4 Å². The van der Waals surface area contributed by atoms with Gasteiger partial charge < -0.3 is 4.74 Å². The minimum atomic E-state index is -0.333. The fourth-order valence-corrected chi connectivity index (χ4v) is 2.26. The zero-order chi connectivity index (χ0) is 14.7. The maximum absolute atomic E-state index is 13.0. The summed E-state index contributed by atoms with van der Waals surface area (Å²) in [5.41, 5.74) is 3.85. The molecule has 3 aromatic rings. The molecule has 0 aliphatic rings. The van der Waals surface area contributed by atoms with Crippen LogP contribution in [0.3, 0.4) is 0 Å². The first-order chi connectivity index (χ1) is 10.3. The van der Waals surface area contributed by atoms with Crippen LogP contribution in [0, 0.1) is 5.82 Å². The average molecular weight is 279 g/mol. The number of nitrogens with zero attached hydrogens (tertiary/aromatic N) is 1. The van der Waals surface area contributed by atoms with Crippen molar-refractivity contribution < 1.29 is 9.13 Å². The highest BCUT2D eigenvalue weighted by Gasteiger charge is 2.08. The van der Waals surface area contributed by atoms with Gasteiger partial charge in [0.05, 0.1) is 19.0 Å². The van der Waals surface area contributed by atoms with Crippen molar-refractivity contribution in [1.29, 1.82) is 0 Å². The van der Waals surface area contributed by atoms with Gasteiger partial charge in [0.15, 0.2) is 0 Å². The second-order valence-corrected chi connectivity index (χ2v) is 4.64. The summed E-state index contributed by atoms with van der Waals surface area (Å²) in [4.78, 5) is 4.17. The van der Waals surface area contributed by atoms with Gasteiger partial charge in [-0.2, -0.15) is 0 Å². The number of halogens is 1. The van der Waals surface area contributed by atoms with Crippen molar-refractivity contribution in [2.24, 2.45) is 0 Å². The molecule has 0 aliphatic carbocycles. The number of hydrogen-bond acceptors (Lipinski definition) is 2. The van der Waals surface area contributed by atoms with Crippen LogP contribution in [-0.4, -0.2) is 12.1 Å². The van der Waals surface area contributed by atoms with Gasteiger partial charge in [-0.05, 0) is 35.4 Å². The van der Waals surface area contributed by atoms with E-state index in [1.165, 1.54) is 12.3 Å². The Kier molecular flexibility index (Phi) is 3.65. The maximum Gasteiger partial charge on any atom is 0.141 e. The summed E-state index contributed by atoms with van der Waals surface area (Å²) >= 11 is 0. The Balaban J connectivity index is 2.08. The molecule has 0 fully saturated rings. The monoisotopic (exact) mass is 279 g/mol. The first-order valence-electron chi connectivity index (χ1n) is 6.63. The van der Waals surface area contributed by atoms with E-state index in [2.05, 4.69) is 4.98 Å². The zero-order valence-electron chi connectivity index (χ0n) is 11.6. The highest BCUT2D eigenvalue weighted by atomic mass is 19.1. The van der Waals surface area contributed by atoms with E-state index in [0.29, 0.717) is 0 Å². The third kappa shape index (κ3) is 2.77. The van der Waals surface area contributed by atoms with Gasteiger partial charge in [0.2, 0.25) is 0 Å². The molecule has 104 valence electrons. The second kappa shape index (κ2) is 5.75. The lowest BCUT2D eigenvalue weighted by molar-refractivity contribution is 0.415. The Labute approximate surface area is 122 Å². The number of benzene rings is 2. The molecule has 0 aliphatic heterocycles. The molecule has 0 saturated carbocycles. The van der Waals surface area contributed by atoms with Crippen molar-refractivity contribution in [3.05, 3.63) is 72.7 Å². The lowest BCUT2D eigenvalue weighted by atomic mass is 9.97. The Morgan fingerprint density at radius 3 is 2.19 bits per heavy atom. The molecule has 3 heteroatoms. The lowest BCUT2D eigenvalue weighted by Crippen LogP contribution is -1.89. The largest absolute Gasteiger partial charge is 0.497 e. The molecule has 0 spiro atoms. The molecule has 0 atom stereocenters. The summed E-state index contributed by atoms with van der Waals surface area (Å²) in [6.45, 7) is 0. The molecule has 1 aromatic heterocycles. The molecule has 0 bridgehead atoms. The van der Waals surface area contributed by atoms with E-state index in [1.54, 1.807) is 13.2 Å². The lowest BCUT2D eigenvalue weighted by Gasteiger charge is -2.10. The summed E-state index contributed by atoms with van der Waals surface area (Å²) < 4.78 is 18.2. The van der Waals surface area contributed by atoms with Gasteiger partial charge in [-0.15, -0.1) is 0 Å². The highest BCUT2D eigenvalue weighted by Crippen LogP contribution is 2.31. The first kappa shape index (κ1) is 13.3. The van der Waals surface area contributed by atoms with Crippen LogP contribution in [0.4, 0.5) is 4.39 Å². The molecule has 0 saturated heterocycles. The van der Waals surface area contributed by atoms with Crippen molar-refractivity contribution in [3.63, 3.8) is 0 Å². The summed E-state index contributed by atoms with van der Waals surface area (Å²) in [5.74, 6) is 0.483. The van der Waals surface area contributed by atoms with E-state index in [0.717, 1.165) is 28.1 Å². The smallest absolute Gasteiger partial charge is 0.141 e. The predicted molar refractivity (Wildman–Crippen MR) is 81.6 cm³/mol. The number of rotatable bonds is 3. The minimum absolute atomic E-state index is 0.333. The molecule has 1 heterocycles. The van der Waals surface area contributed by atoms with Gasteiger partial charge in [-0.3, -0.25) is 4.98 Å². The summed E-state index contributed by atoms with van der Waals surface area (Å²) in [7, 11) is 1.64. The van der Waals surface area contributed by atoms with Crippen LogP contribution in [-0.2, 0) is 0 Å². The summed E-state index contributed by atoms with van der Waals surface area (Å²) in [6, 6.07) is 18.9.